The number of anilines is 3. The average molecular weight is 868 g/mol. The minimum Gasteiger partial charge on any atom is -0.310 e. The molecule has 0 aliphatic heterocycles. The molecule has 0 aromatic heterocycles. The van der Waals surface area contributed by atoms with Crippen molar-refractivity contribution in [2.75, 3.05) is 4.90 Å². The smallest absolute Gasteiger partial charge is 0.0540 e. The molecule has 0 spiro atoms. The first-order chi connectivity index (χ1) is 33.5. The standard InChI is InChI=1S/C67H49N/c1-67(2)64-44-56(52-30-28-51(29-31-52)50-26-24-48(25-27-50)46-14-5-3-6-15-46)38-42-62(64)63-43-41-58(45-65(63)67)68(57-39-36-54(37-40-57)60-22-13-19-53-18-9-10-20-59(53)60)66-23-12-11-21-61(66)55-34-32-49(33-35-55)47-16-7-4-8-17-47/h3-45H,1-2H3. The van der Waals surface area contributed by atoms with Gasteiger partial charge in [-0.25, -0.2) is 0 Å². The normalized spacial score (nSPS) is 12.4. The van der Waals surface area contributed by atoms with Gasteiger partial charge in [0, 0.05) is 22.4 Å². The van der Waals surface area contributed by atoms with Crippen LogP contribution in [0.2, 0.25) is 0 Å². The molecule has 0 N–H and O–H groups in total. The fourth-order valence-electron chi connectivity index (χ4n) is 10.5. The molecule has 0 heterocycles. The molecule has 1 aliphatic rings. The Morgan fingerprint density at radius 2 is 0.662 bits per heavy atom. The van der Waals surface area contributed by atoms with Crippen molar-refractivity contribution in [3.05, 3.63) is 272 Å². The van der Waals surface area contributed by atoms with Gasteiger partial charge in [0.05, 0.1) is 5.69 Å². The summed E-state index contributed by atoms with van der Waals surface area (Å²) in [6.07, 6.45) is 0. The third-order valence-electron chi connectivity index (χ3n) is 14.1. The van der Waals surface area contributed by atoms with Crippen molar-refractivity contribution in [3.63, 3.8) is 0 Å². The zero-order valence-electron chi connectivity index (χ0n) is 38.3. The summed E-state index contributed by atoms with van der Waals surface area (Å²) in [6, 6.07) is 95.5. The van der Waals surface area contributed by atoms with Crippen LogP contribution in [0.4, 0.5) is 17.1 Å². The lowest BCUT2D eigenvalue weighted by molar-refractivity contribution is 0.660. The molecular formula is C67H49N. The molecule has 11 aromatic carbocycles. The van der Waals surface area contributed by atoms with Crippen LogP contribution in [0.25, 0.3) is 88.7 Å². The summed E-state index contributed by atoms with van der Waals surface area (Å²) in [5.41, 5.74) is 23.0. The third kappa shape index (κ3) is 7.39. The Morgan fingerprint density at radius 3 is 1.28 bits per heavy atom. The molecule has 0 bridgehead atoms. The molecule has 0 unspecified atom stereocenters. The third-order valence-corrected chi connectivity index (χ3v) is 14.1. The molecular weight excluding hydrogens is 819 g/mol. The highest BCUT2D eigenvalue weighted by Crippen LogP contribution is 2.52. The van der Waals surface area contributed by atoms with Crippen LogP contribution in [0.3, 0.4) is 0 Å². The molecule has 11 aromatic rings. The fraction of sp³-hybridized carbons (Fsp3) is 0.0448. The van der Waals surface area contributed by atoms with Crippen molar-refractivity contribution in [2.45, 2.75) is 19.3 Å². The second-order valence-corrected chi connectivity index (χ2v) is 18.5. The van der Waals surface area contributed by atoms with E-state index >= 15 is 0 Å². The van der Waals surface area contributed by atoms with E-state index in [1.807, 2.05) is 0 Å². The average Bonchev–Trinajstić information content (AvgIpc) is 3.64. The summed E-state index contributed by atoms with van der Waals surface area (Å²) in [7, 11) is 0. The monoisotopic (exact) mass is 867 g/mol. The van der Waals surface area contributed by atoms with Crippen molar-refractivity contribution in [1.82, 2.24) is 0 Å². The Hall–Kier alpha value is -8.52. The van der Waals surface area contributed by atoms with Crippen molar-refractivity contribution in [2.24, 2.45) is 0 Å². The van der Waals surface area contributed by atoms with E-state index in [1.165, 1.54) is 99.8 Å². The number of benzene rings is 11. The minimum absolute atomic E-state index is 0.228. The fourth-order valence-corrected chi connectivity index (χ4v) is 10.5. The molecule has 0 atom stereocenters. The molecule has 1 heteroatoms. The maximum Gasteiger partial charge on any atom is 0.0540 e. The van der Waals surface area contributed by atoms with Crippen LogP contribution in [-0.4, -0.2) is 0 Å². The number of fused-ring (bicyclic) bond motifs is 4. The molecule has 0 saturated heterocycles. The van der Waals surface area contributed by atoms with Crippen molar-refractivity contribution in [1.29, 1.82) is 0 Å². The summed E-state index contributed by atoms with van der Waals surface area (Å²) in [5.74, 6) is 0. The van der Waals surface area contributed by atoms with Gasteiger partial charge in [-0.1, -0.05) is 238 Å². The Bertz CT molecular complexity index is 3580. The van der Waals surface area contributed by atoms with Gasteiger partial charge >= 0.3 is 0 Å². The second kappa shape index (κ2) is 17.0. The van der Waals surface area contributed by atoms with E-state index in [0.29, 0.717) is 0 Å². The molecule has 1 nitrogen and oxygen atoms in total. The number of nitrogens with zero attached hydrogens (tertiary/aromatic N) is 1. The van der Waals surface area contributed by atoms with E-state index in [9.17, 15) is 0 Å². The zero-order valence-corrected chi connectivity index (χ0v) is 38.3. The van der Waals surface area contributed by atoms with E-state index in [4.69, 9.17) is 0 Å². The summed E-state index contributed by atoms with van der Waals surface area (Å²) >= 11 is 0. The lowest BCUT2D eigenvalue weighted by atomic mass is 9.81. The van der Waals surface area contributed by atoms with E-state index in [0.717, 1.165) is 17.1 Å². The molecule has 68 heavy (non-hydrogen) atoms. The lowest BCUT2D eigenvalue weighted by Crippen LogP contribution is -2.17. The Morgan fingerprint density at radius 1 is 0.265 bits per heavy atom. The van der Waals surface area contributed by atoms with Gasteiger partial charge in [-0.05, 0) is 131 Å². The summed E-state index contributed by atoms with van der Waals surface area (Å²) in [6.45, 7) is 4.78. The minimum atomic E-state index is -0.228. The van der Waals surface area contributed by atoms with E-state index in [2.05, 4.69) is 280 Å². The molecule has 0 radical (unpaired) electrons. The largest absolute Gasteiger partial charge is 0.310 e. The molecule has 0 saturated carbocycles. The van der Waals surface area contributed by atoms with Crippen LogP contribution in [0.1, 0.15) is 25.0 Å². The van der Waals surface area contributed by atoms with Gasteiger partial charge in [-0.3, -0.25) is 0 Å². The molecule has 0 fully saturated rings. The maximum absolute atomic E-state index is 2.45. The van der Waals surface area contributed by atoms with Gasteiger partial charge in [0.2, 0.25) is 0 Å². The van der Waals surface area contributed by atoms with E-state index < -0.39 is 0 Å². The number of rotatable bonds is 9. The first-order valence-electron chi connectivity index (χ1n) is 23.7. The number of para-hydroxylation sites is 1. The van der Waals surface area contributed by atoms with Crippen LogP contribution < -0.4 is 4.90 Å². The molecule has 0 amide bonds. The quantitative estimate of drug-likeness (QED) is 0.140. The summed E-state index contributed by atoms with van der Waals surface area (Å²) < 4.78 is 0. The summed E-state index contributed by atoms with van der Waals surface area (Å²) in [4.78, 5) is 2.45. The van der Waals surface area contributed by atoms with Crippen molar-refractivity contribution >= 4 is 27.8 Å². The first kappa shape index (κ1) is 40.9. The number of hydrogen-bond acceptors (Lipinski definition) is 1. The summed E-state index contributed by atoms with van der Waals surface area (Å²) in [5, 5.41) is 2.50. The first-order valence-corrected chi connectivity index (χ1v) is 23.7. The second-order valence-electron chi connectivity index (χ2n) is 18.5. The van der Waals surface area contributed by atoms with Crippen LogP contribution in [-0.2, 0) is 5.41 Å². The predicted molar refractivity (Wildman–Crippen MR) is 289 cm³/mol. The Labute approximate surface area is 399 Å². The van der Waals surface area contributed by atoms with Gasteiger partial charge in [0.1, 0.15) is 0 Å². The van der Waals surface area contributed by atoms with Gasteiger partial charge in [0.25, 0.3) is 0 Å². The Kier molecular flexibility index (Phi) is 10.3. The van der Waals surface area contributed by atoms with Gasteiger partial charge in [0.15, 0.2) is 0 Å². The SMILES string of the molecule is CC1(C)c2cc(-c3ccc(-c4ccc(-c5ccccc5)cc4)cc3)ccc2-c2ccc(N(c3ccc(-c4cccc5ccccc45)cc3)c3ccccc3-c3ccc(-c4ccccc4)cc3)cc21. The highest BCUT2D eigenvalue weighted by molar-refractivity contribution is 5.98. The topological polar surface area (TPSA) is 3.24 Å². The van der Waals surface area contributed by atoms with Gasteiger partial charge < -0.3 is 4.90 Å². The molecule has 322 valence electrons. The van der Waals surface area contributed by atoms with Crippen LogP contribution >= 0.6 is 0 Å². The zero-order chi connectivity index (χ0) is 45.6. The number of hydrogen-bond donors (Lipinski definition) is 0. The van der Waals surface area contributed by atoms with Gasteiger partial charge in [-0.15, -0.1) is 0 Å². The van der Waals surface area contributed by atoms with Crippen molar-refractivity contribution < 1.29 is 0 Å². The van der Waals surface area contributed by atoms with E-state index in [-0.39, 0.29) is 5.41 Å². The molecule has 12 rings (SSSR count). The van der Waals surface area contributed by atoms with Gasteiger partial charge in [-0.2, -0.15) is 0 Å². The van der Waals surface area contributed by atoms with Crippen molar-refractivity contribution in [3.8, 4) is 77.9 Å². The van der Waals surface area contributed by atoms with E-state index in [1.54, 1.807) is 0 Å². The highest BCUT2D eigenvalue weighted by Gasteiger charge is 2.36. The maximum atomic E-state index is 2.45. The predicted octanol–water partition coefficient (Wildman–Crippen LogP) is 18.6. The lowest BCUT2D eigenvalue weighted by Gasteiger charge is -2.30. The molecule has 1 aliphatic carbocycles. The Balaban J connectivity index is 0.904. The highest BCUT2D eigenvalue weighted by atomic mass is 15.1. The van der Waals surface area contributed by atoms with Crippen LogP contribution in [0.5, 0.6) is 0 Å². The van der Waals surface area contributed by atoms with Crippen LogP contribution in [0, 0.1) is 0 Å². The van der Waals surface area contributed by atoms with Crippen LogP contribution in [0.15, 0.2) is 261 Å².